The minimum atomic E-state index is -0.349. The first-order valence-electron chi connectivity index (χ1n) is 9.32. The lowest BCUT2D eigenvalue weighted by molar-refractivity contribution is -0.116. The first kappa shape index (κ1) is 20.1. The maximum atomic E-state index is 12.4. The van der Waals surface area contributed by atoms with Crippen LogP contribution in [0.5, 0.6) is 0 Å². The third-order valence-corrected chi connectivity index (χ3v) is 5.35. The molecule has 6 nitrogen and oxygen atoms in total. The topological polar surface area (TPSA) is 74.1 Å². The van der Waals surface area contributed by atoms with E-state index < -0.39 is 0 Å². The molecule has 146 valence electrons. The molecule has 2 aromatic rings. The summed E-state index contributed by atoms with van der Waals surface area (Å²) in [6.07, 6.45) is 7.35. The molecule has 1 aromatic carbocycles. The summed E-state index contributed by atoms with van der Waals surface area (Å²) in [4.78, 5) is 24.1. The average Bonchev–Trinajstić information content (AvgIpc) is 3.36. The molecule has 0 radical (unpaired) electrons. The Morgan fingerprint density at radius 2 is 1.96 bits per heavy atom. The molecule has 7 heteroatoms. The summed E-state index contributed by atoms with van der Waals surface area (Å²) in [6.45, 7) is 4.92. The smallest absolute Gasteiger partial charge is 0.338 e. The Morgan fingerprint density at radius 1 is 1.18 bits per heavy atom. The highest BCUT2D eigenvalue weighted by atomic mass is 32.2. The van der Waals surface area contributed by atoms with E-state index in [1.54, 1.807) is 31.2 Å². The van der Waals surface area contributed by atoms with Gasteiger partial charge in [0.15, 0.2) is 11.0 Å². The number of aromatic nitrogens is 3. The summed E-state index contributed by atoms with van der Waals surface area (Å²) in [7, 11) is 0. The lowest BCUT2D eigenvalue weighted by Gasteiger charge is -2.07. The molecule has 0 saturated carbocycles. The summed E-state index contributed by atoms with van der Waals surface area (Å²) in [5.74, 6) is 0.952. The Kier molecular flexibility index (Phi) is 6.81. The molecule has 1 aliphatic rings. The van der Waals surface area contributed by atoms with Crippen LogP contribution in [-0.4, -0.2) is 38.9 Å². The molecule has 1 aliphatic carbocycles. The zero-order valence-electron chi connectivity index (χ0n) is 16.1. The highest BCUT2D eigenvalue weighted by Gasteiger charge is 2.17. The van der Waals surface area contributed by atoms with Crippen molar-refractivity contribution >= 4 is 29.1 Å². The van der Waals surface area contributed by atoms with E-state index in [9.17, 15) is 9.59 Å². The lowest BCUT2D eigenvalue weighted by Crippen LogP contribution is -2.09. The minimum absolute atomic E-state index is 0.0998. The molecule has 0 aliphatic heterocycles. The molecule has 0 amide bonds. The summed E-state index contributed by atoms with van der Waals surface area (Å²) in [5.41, 5.74) is 2.51. The number of rotatable bonds is 9. The molecular formula is C21H23N3O3S. The molecule has 0 spiro atoms. The quantitative estimate of drug-likeness (QED) is 0.474. The van der Waals surface area contributed by atoms with Gasteiger partial charge in [-0.05, 0) is 38.0 Å². The number of ketones is 1. The first-order chi connectivity index (χ1) is 13.6. The van der Waals surface area contributed by atoms with Gasteiger partial charge in [-0.1, -0.05) is 42.1 Å². The predicted octanol–water partition coefficient (Wildman–Crippen LogP) is 3.72. The van der Waals surface area contributed by atoms with Crippen LogP contribution in [0.1, 0.15) is 42.0 Å². The molecule has 0 fully saturated rings. The Bertz CT molecular complexity index is 913. The van der Waals surface area contributed by atoms with Crippen LogP contribution in [0.4, 0.5) is 0 Å². The third-order valence-electron chi connectivity index (χ3n) is 4.32. The highest BCUT2D eigenvalue weighted by Crippen LogP contribution is 2.26. The molecule has 0 N–H and O–H groups in total. The van der Waals surface area contributed by atoms with Gasteiger partial charge >= 0.3 is 5.97 Å². The maximum absolute atomic E-state index is 12.4. The minimum Gasteiger partial charge on any atom is -0.462 e. The molecule has 1 aromatic heterocycles. The SMILES string of the molecule is CCOC(=O)c1ccc(CC(=O)CSc2nnc(C3=CC=CC3)n2CC)cc1. The fourth-order valence-corrected chi connectivity index (χ4v) is 3.79. The Hall–Kier alpha value is -2.67. The molecule has 0 unspecified atom stereocenters. The number of thioether (sulfide) groups is 1. The first-order valence-corrected chi connectivity index (χ1v) is 10.3. The van der Waals surface area contributed by atoms with E-state index in [2.05, 4.69) is 22.3 Å². The number of hydrogen-bond donors (Lipinski definition) is 0. The largest absolute Gasteiger partial charge is 0.462 e. The van der Waals surface area contributed by atoms with Crippen LogP contribution in [-0.2, 0) is 22.5 Å². The zero-order valence-corrected chi connectivity index (χ0v) is 16.9. The third kappa shape index (κ3) is 4.78. The van der Waals surface area contributed by atoms with Gasteiger partial charge in [0.2, 0.25) is 0 Å². The van der Waals surface area contributed by atoms with Crippen molar-refractivity contribution in [1.82, 2.24) is 14.8 Å². The van der Waals surface area contributed by atoms with Crippen molar-refractivity contribution in [3.05, 3.63) is 59.4 Å². The lowest BCUT2D eigenvalue weighted by atomic mass is 10.1. The number of carbonyl (C=O) groups excluding carboxylic acids is 2. The van der Waals surface area contributed by atoms with Gasteiger partial charge in [-0.2, -0.15) is 0 Å². The van der Waals surface area contributed by atoms with E-state index in [0.717, 1.165) is 35.1 Å². The van der Waals surface area contributed by atoms with E-state index in [-0.39, 0.29) is 11.8 Å². The van der Waals surface area contributed by atoms with Crippen LogP contribution in [0.3, 0.4) is 0 Å². The number of ether oxygens (including phenoxy) is 1. The normalized spacial score (nSPS) is 12.9. The van der Waals surface area contributed by atoms with Crippen LogP contribution < -0.4 is 0 Å². The molecular weight excluding hydrogens is 374 g/mol. The van der Waals surface area contributed by atoms with Crippen molar-refractivity contribution in [2.24, 2.45) is 0 Å². The van der Waals surface area contributed by atoms with Crippen LogP contribution in [0.2, 0.25) is 0 Å². The molecule has 1 heterocycles. The fourth-order valence-electron chi connectivity index (χ4n) is 2.93. The van der Waals surface area contributed by atoms with Crippen LogP contribution >= 0.6 is 11.8 Å². The molecule has 0 bridgehead atoms. The second-order valence-electron chi connectivity index (χ2n) is 6.30. The second-order valence-corrected chi connectivity index (χ2v) is 7.24. The van der Waals surface area contributed by atoms with Gasteiger partial charge in [-0.15, -0.1) is 10.2 Å². The molecule has 3 rings (SSSR count). The molecule has 0 saturated heterocycles. The van der Waals surface area contributed by atoms with Gasteiger partial charge in [-0.3, -0.25) is 4.79 Å². The van der Waals surface area contributed by atoms with E-state index in [1.165, 1.54) is 11.8 Å². The predicted molar refractivity (Wildman–Crippen MR) is 109 cm³/mol. The van der Waals surface area contributed by atoms with Crippen molar-refractivity contribution in [2.45, 2.75) is 38.4 Å². The highest BCUT2D eigenvalue weighted by molar-refractivity contribution is 7.99. The van der Waals surface area contributed by atoms with Gasteiger partial charge in [0.1, 0.15) is 5.78 Å². The molecule has 28 heavy (non-hydrogen) atoms. The van der Waals surface area contributed by atoms with E-state index in [4.69, 9.17) is 4.74 Å². The number of esters is 1. The monoisotopic (exact) mass is 397 g/mol. The summed E-state index contributed by atoms with van der Waals surface area (Å²) >= 11 is 1.41. The van der Waals surface area contributed by atoms with Gasteiger partial charge in [0.05, 0.1) is 17.9 Å². The van der Waals surface area contributed by atoms with Gasteiger partial charge < -0.3 is 9.30 Å². The number of nitrogens with zero attached hydrogens (tertiary/aromatic N) is 3. The van der Waals surface area contributed by atoms with Crippen LogP contribution in [0, 0.1) is 0 Å². The van der Waals surface area contributed by atoms with Crippen molar-refractivity contribution in [3.8, 4) is 0 Å². The second kappa shape index (κ2) is 9.50. The standard InChI is InChI=1S/C21H23N3O3S/c1-3-24-19(16-7-5-6-8-16)22-23-21(24)28-14-18(25)13-15-9-11-17(12-10-15)20(26)27-4-2/h5-7,9-12H,3-4,8,13-14H2,1-2H3. The van der Waals surface area contributed by atoms with E-state index in [0.29, 0.717) is 24.3 Å². The van der Waals surface area contributed by atoms with Gasteiger partial charge in [0, 0.05) is 18.5 Å². The number of benzene rings is 1. The Morgan fingerprint density at radius 3 is 2.61 bits per heavy atom. The Labute approximate surface area is 168 Å². The van der Waals surface area contributed by atoms with Gasteiger partial charge in [0.25, 0.3) is 0 Å². The number of Topliss-reactive ketones (excluding diaryl/α,β-unsaturated/α-hetero) is 1. The number of hydrogen-bond acceptors (Lipinski definition) is 6. The number of allylic oxidation sites excluding steroid dienone is 4. The van der Waals surface area contributed by atoms with Crippen LogP contribution in [0.25, 0.3) is 5.57 Å². The maximum Gasteiger partial charge on any atom is 0.338 e. The van der Waals surface area contributed by atoms with Gasteiger partial charge in [-0.25, -0.2) is 4.79 Å². The van der Waals surface area contributed by atoms with Crippen molar-refractivity contribution < 1.29 is 14.3 Å². The van der Waals surface area contributed by atoms with Crippen molar-refractivity contribution in [2.75, 3.05) is 12.4 Å². The summed E-state index contributed by atoms with van der Waals surface area (Å²) < 4.78 is 7.01. The zero-order chi connectivity index (χ0) is 19.9. The molecule has 0 atom stereocenters. The fraction of sp³-hybridized carbons (Fsp3) is 0.333. The average molecular weight is 398 g/mol. The van der Waals surface area contributed by atoms with E-state index >= 15 is 0 Å². The number of carbonyl (C=O) groups is 2. The van der Waals surface area contributed by atoms with Crippen LogP contribution in [0.15, 0.2) is 47.6 Å². The summed E-state index contributed by atoms with van der Waals surface area (Å²) in [5, 5.41) is 9.32. The van der Waals surface area contributed by atoms with Crippen molar-refractivity contribution in [3.63, 3.8) is 0 Å². The van der Waals surface area contributed by atoms with Crippen molar-refractivity contribution in [1.29, 1.82) is 0 Å². The van der Waals surface area contributed by atoms with E-state index in [1.807, 2.05) is 17.6 Å². The summed E-state index contributed by atoms with van der Waals surface area (Å²) in [6, 6.07) is 6.97. The Balaban J connectivity index is 1.57.